The summed E-state index contributed by atoms with van der Waals surface area (Å²) in [5, 5.41) is 12.3. The van der Waals surface area contributed by atoms with Crippen molar-refractivity contribution < 1.29 is 14.7 Å². The van der Waals surface area contributed by atoms with Crippen molar-refractivity contribution in [1.29, 1.82) is 0 Å². The zero-order chi connectivity index (χ0) is 14.4. The second-order valence-corrected chi connectivity index (χ2v) is 6.04. The van der Waals surface area contributed by atoms with Crippen LogP contribution >= 0.6 is 0 Å². The Morgan fingerprint density at radius 2 is 1.45 bits per heavy atom. The average molecular weight is 279 g/mol. The third-order valence-electron chi connectivity index (χ3n) is 4.54. The SMILES string of the molecule is O=C(NC1CCCCCCC1)[C@H]1CC=CC[C@H]1C(=O)O. The molecule has 0 saturated heterocycles. The molecule has 0 spiro atoms. The van der Waals surface area contributed by atoms with Gasteiger partial charge in [0.2, 0.25) is 5.91 Å². The first-order valence-corrected chi connectivity index (χ1v) is 7.86. The molecule has 0 aliphatic heterocycles. The molecule has 4 nitrogen and oxygen atoms in total. The number of allylic oxidation sites excluding steroid dienone is 2. The van der Waals surface area contributed by atoms with Gasteiger partial charge >= 0.3 is 5.97 Å². The molecule has 2 atom stereocenters. The molecule has 0 bridgehead atoms. The van der Waals surface area contributed by atoms with E-state index in [0.29, 0.717) is 12.8 Å². The molecule has 1 amide bonds. The predicted octanol–water partition coefficient (Wildman–Crippen LogP) is 2.88. The van der Waals surface area contributed by atoms with E-state index in [1.807, 2.05) is 12.2 Å². The van der Waals surface area contributed by atoms with Crippen molar-refractivity contribution in [1.82, 2.24) is 5.32 Å². The fourth-order valence-electron chi connectivity index (χ4n) is 3.29. The lowest BCUT2D eigenvalue weighted by molar-refractivity contribution is -0.147. The third kappa shape index (κ3) is 4.09. The average Bonchev–Trinajstić information content (AvgIpc) is 2.41. The van der Waals surface area contributed by atoms with E-state index < -0.39 is 17.8 Å². The van der Waals surface area contributed by atoms with Gasteiger partial charge in [0.1, 0.15) is 0 Å². The minimum Gasteiger partial charge on any atom is -0.481 e. The van der Waals surface area contributed by atoms with Crippen molar-refractivity contribution in [2.24, 2.45) is 11.8 Å². The summed E-state index contributed by atoms with van der Waals surface area (Å²) in [5.74, 6) is -1.88. The topological polar surface area (TPSA) is 66.4 Å². The van der Waals surface area contributed by atoms with Gasteiger partial charge in [-0.25, -0.2) is 0 Å². The van der Waals surface area contributed by atoms with Gasteiger partial charge in [-0.15, -0.1) is 0 Å². The Balaban J connectivity index is 1.91. The van der Waals surface area contributed by atoms with Crippen LogP contribution in [0.2, 0.25) is 0 Å². The molecule has 1 saturated carbocycles. The number of carbonyl (C=O) groups is 2. The van der Waals surface area contributed by atoms with Crippen LogP contribution in [0.25, 0.3) is 0 Å². The molecule has 0 radical (unpaired) electrons. The summed E-state index contributed by atoms with van der Waals surface area (Å²) in [6.45, 7) is 0. The number of aliphatic carboxylic acids is 1. The molecule has 0 unspecified atom stereocenters. The van der Waals surface area contributed by atoms with Gasteiger partial charge in [-0.3, -0.25) is 9.59 Å². The molecule has 2 aliphatic carbocycles. The van der Waals surface area contributed by atoms with E-state index in [-0.39, 0.29) is 11.9 Å². The molecule has 0 aromatic heterocycles. The number of hydrogen-bond acceptors (Lipinski definition) is 2. The standard InChI is InChI=1S/C16H25NO3/c18-15(13-10-6-7-11-14(13)16(19)20)17-12-8-4-2-1-3-5-9-12/h6-7,12-14H,1-5,8-11H2,(H,17,18)(H,19,20)/t13-,14+/m0/s1. The smallest absolute Gasteiger partial charge is 0.307 e. The van der Waals surface area contributed by atoms with Crippen LogP contribution in [0.3, 0.4) is 0 Å². The van der Waals surface area contributed by atoms with Crippen molar-refractivity contribution in [2.75, 3.05) is 0 Å². The second kappa shape index (κ2) is 7.46. The number of amides is 1. The summed E-state index contributed by atoms with van der Waals surface area (Å²) < 4.78 is 0. The van der Waals surface area contributed by atoms with Crippen LogP contribution in [0.4, 0.5) is 0 Å². The quantitative estimate of drug-likeness (QED) is 0.781. The van der Waals surface area contributed by atoms with Crippen LogP contribution in [0.15, 0.2) is 12.2 Å². The number of carbonyl (C=O) groups excluding carboxylic acids is 1. The Bertz CT molecular complexity index is 370. The van der Waals surface area contributed by atoms with Gasteiger partial charge in [-0.2, -0.15) is 0 Å². The lowest BCUT2D eigenvalue weighted by atomic mass is 9.82. The maximum atomic E-state index is 12.4. The normalized spacial score (nSPS) is 28.4. The van der Waals surface area contributed by atoms with Gasteiger partial charge < -0.3 is 10.4 Å². The molecule has 1 fully saturated rings. The monoisotopic (exact) mass is 279 g/mol. The second-order valence-electron chi connectivity index (χ2n) is 6.04. The Labute approximate surface area is 120 Å². The first-order valence-electron chi connectivity index (χ1n) is 7.86. The number of carboxylic acids is 1. The van der Waals surface area contributed by atoms with E-state index in [1.54, 1.807) is 0 Å². The largest absolute Gasteiger partial charge is 0.481 e. The predicted molar refractivity (Wildman–Crippen MR) is 77.2 cm³/mol. The zero-order valence-corrected chi connectivity index (χ0v) is 12.0. The van der Waals surface area contributed by atoms with Crippen LogP contribution < -0.4 is 5.32 Å². The van der Waals surface area contributed by atoms with Crippen LogP contribution in [-0.4, -0.2) is 23.0 Å². The Morgan fingerprint density at radius 1 is 0.900 bits per heavy atom. The third-order valence-corrected chi connectivity index (χ3v) is 4.54. The molecule has 0 aromatic carbocycles. The minimum absolute atomic E-state index is 0.0627. The zero-order valence-electron chi connectivity index (χ0n) is 12.0. The summed E-state index contributed by atoms with van der Waals surface area (Å²) in [6, 6.07) is 0.239. The van der Waals surface area contributed by atoms with Gasteiger partial charge in [-0.1, -0.05) is 44.3 Å². The van der Waals surface area contributed by atoms with E-state index in [2.05, 4.69) is 5.32 Å². The first-order chi connectivity index (χ1) is 9.68. The highest BCUT2D eigenvalue weighted by Crippen LogP contribution is 2.27. The van der Waals surface area contributed by atoms with E-state index >= 15 is 0 Å². The Kier molecular flexibility index (Phi) is 5.62. The van der Waals surface area contributed by atoms with Crippen molar-refractivity contribution >= 4 is 11.9 Å². The van der Waals surface area contributed by atoms with Crippen LogP contribution in [-0.2, 0) is 9.59 Å². The Hall–Kier alpha value is -1.32. The Morgan fingerprint density at radius 3 is 2.05 bits per heavy atom. The highest BCUT2D eigenvalue weighted by molar-refractivity contribution is 5.85. The summed E-state index contributed by atoms with van der Waals surface area (Å²) in [6.07, 6.45) is 13.0. The highest BCUT2D eigenvalue weighted by Gasteiger charge is 2.34. The van der Waals surface area contributed by atoms with Gasteiger partial charge in [0.25, 0.3) is 0 Å². The summed E-state index contributed by atoms with van der Waals surface area (Å²) in [5.41, 5.74) is 0. The van der Waals surface area contributed by atoms with Crippen molar-refractivity contribution in [3.05, 3.63) is 12.2 Å². The molecule has 20 heavy (non-hydrogen) atoms. The van der Waals surface area contributed by atoms with Gasteiger partial charge in [0.05, 0.1) is 11.8 Å². The molecule has 2 aliphatic rings. The fraction of sp³-hybridized carbons (Fsp3) is 0.750. The van der Waals surface area contributed by atoms with Crippen LogP contribution in [0.1, 0.15) is 57.8 Å². The van der Waals surface area contributed by atoms with E-state index in [9.17, 15) is 14.7 Å². The first kappa shape index (κ1) is 15.1. The number of rotatable bonds is 3. The van der Waals surface area contributed by atoms with Crippen LogP contribution in [0, 0.1) is 11.8 Å². The van der Waals surface area contributed by atoms with E-state index in [0.717, 1.165) is 25.7 Å². The van der Waals surface area contributed by atoms with Gasteiger partial charge in [-0.05, 0) is 25.7 Å². The molecule has 0 heterocycles. The molecule has 2 N–H and O–H groups in total. The van der Waals surface area contributed by atoms with Crippen molar-refractivity contribution in [3.63, 3.8) is 0 Å². The van der Waals surface area contributed by atoms with Gasteiger partial charge in [0.15, 0.2) is 0 Å². The molecule has 112 valence electrons. The molecule has 4 heteroatoms. The fourth-order valence-corrected chi connectivity index (χ4v) is 3.29. The van der Waals surface area contributed by atoms with Crippen molar-refractivity contribution in [2.45, 2.75) is 63.8 Å². The lowest BCUT2D eigenvalue weighted by Gasteiger charge is -2.28. The minimum atomic E-state index is -0.854. The molecular formula is C16H25NO3. The summed E-state index contributed by atoms with van der Waals surface area (Å²) in [7, 11) is 0. The van der Waals surface area contributed by atoms with Crippen molar-refractivity contribution in [3.8, 4) is 0 Å². The maximum absolute atomic E-state index is 12.4. The molecular weight excluding hydrogens is 254 g/mol. The number of hydrogen-bond donors (Lipinski definition) is 2. The lowest BCUT2D eigenvalue weighted by Crippen LogP contribution is -2.43. The number of nitrogens with one attached hydrogen (secondary N) is 1. The summed E-state index contributed by atoms with van der Waals surface area (Å²) in [4.78, 5) is 23.6. The molecule has 2 rings (SSSR count). The maximum Gasteiger partial charge on any atom is 0.307 e. The summed E-state index contributed by atoms with van der Waals surface area (Å²) >= 11 is 0. The highest BCUT2D eigenvalue weighted by atomic mass is 16.4. The van der Waals surface area contributed by atoms with E-state index in [1.165, 1.54) is 19.3 Å². The van der Waals surface area contributed by atoms with Crippen LogP contribution in [0.5, 0.6) is 0 Å². The number of carboxylic acid groups (broad SMARTS) is 1. The van der Waals surface area contributed by atoms with Gasteiger partial charge in [0, 0.05) is 6.04 Å². The van der Waals surface area contributed by atoms with E-state index in [4.69, 9.17) is 0 Å². The molecule has 0 aromatic rings.